The van der Waals surface area contributed by atoms with Gasteiger partial charge in [-0.25, -0.2) is 4.79 Å². The maximum absolute atomic E-state index is 11.9. The highest BCUT2D eigenvalue weighted by atomic mass is 35.5. The predicted molar refractivity (Wildman–Crippen MR) is 82.1 cm³/mol. The number of carbonyl (C=O) groups is 1. The minimum atomic E-state index is -0.569. The molecule has 114 valence electrons. The molecule has 5 heteroatoms. The molecule has 1 aromatic rings. The largest absolute Gasteiger partial charge is 0.506 e. The van der Waals surface area contributed by atoms with Crippen LogP contribution in [0.2, 0.25) is 5.02 Å². The van der Waals surface area contributed by atoms with Crippen molar-refractivity contribution in [3.8, 4) is 5.75 Å². The fourth-order valence-corrected chi connectivity index (χ4v) is 1.71. The van der Waals surface area contributed by atoms with E-state index in [1.807, 2.05) is 20.8 Å². The van der Waals surface area contributed by atoms with Crippen molar-refractivity contribution in [1.82, 2.24) is 5.32 Å². The van der Waals surface area contributed by atoms with E-state index in [-0.39, 0.29) is 16.7 Å². The average molecular weight is 302 g/mol. The summed E-state index contributed by atoms with van der Waals surface area (Å²) < 4.78 is 5.15. The highest BCUT2D eigenvalue weighted by molar-refractivity contribution is 6.32. The van der Waals surface area contributed by atoms with Crippen LogP contribution in [0.25, 0.3) is 0 Å². The Morgan fingerprint density at radius 2 is 2.10 bits per heavy atom. The number of esters is 1. The fourth-order valence-electron chi connectivity index (χ4n) is 1.52. The van der Waals surface area contributed by atoms with Gasteiger partial charge in [-0.15, -0.1) is 0 Å². The highest BCUT2D eigenvalue weighted by Crippen LogP contribution is 2.27. The number of halogens is 1. The van der Waals surface area contributed by atoms with Crippen LogP contribution in [-0.4, -0.2) is 24.7 Å². The number of hydrogen-bond acceptors (Lipinski definition) is 4. The number of rotatable bonds is 6. The van der Waals surface area contributed by atoms with Gasteiger partial charge in [-0.1, -0.05) is 44.9 Å². The van der Waals surface area contributed by atoms with Crippen LogP contribution in [0.3, 0.4) is 0 Å². The topological polar surface area (TPSA) is 58.6 Å². The highest BCUT2D eigenvalue weighted by Gasteiger charge is 2.20. The van der Waals surface area contributed by atoms with Crippen LogP contribution in [0.1, 0.15) is 45.2 Å². The summed E-state index contributed by atoms with van der Waals surface area (Å²) in [6.45, 7) is 6.45. The second kappa shape index (κ2) is 10.5. The quantitative estimate of drug-likeness (QED) is 0.621. The molecule has 2 N–H and O–H groups in total. The molecule has 0 saturated heterocycles. The van der Waals surface area contributed by atoms with Gasteiger partial charge in [0.2, 0.25) is 0 Å². The number of nitrogens with one attached hydrogen (secondary N) is 1. The number of benzene rings is 1. The molecule has 0 bridgehead atoms. The lowest BCUT2D eigenvalue weighted by molar-refractivity contribution is -0.146. The van der Waals surface area contributed by atoms with Crippen molar-refractivity contribution in [2.75, 3.05) is 13.7 Å². The van der Waals surface area contributed by atoms with Crippen molar-refractivity contribution < 1.29 is 14.6 Å². The van der Waals surface area contributed by atoms with Crippen molar-refractivity contribution in [1.29, 1.82) is 0 Å². The Balaban J connectivity index is 0.00000172. The molecule has 0 fully saturated rings. The van der Waals surface area contributed by atoms with Crippen LogP contribution in [0, 0.1) is 0 Å². The van der Waals surface area contributed by atoms with Crippen molar-refractivity contribution >= 4 is 17.6 Å². The van der Waals surface area contributed by atoms with Crippen molar-refractivity contribution in [2.24, 2.45) is 0 Å². The molecule has 0 heterocycles. The van der Waals surface area contributed by atoms with Gasteiger partial charge in [-0.05, 0) is 31.2 Å². The summed E-state index contributed by atoms with van der Waals surface area (Å²) >= 11 is 5.82. The summed E-state index contributed by atoms with van der Waals surface area (Å²) in [7, 11) is 1.67. The maximum Gasteiger partial charge on any atom is 0.327 e. The van der Waals surface area contributed by atoms with Crippen molar-refractivity contribution in [3.63, 3.8) is 0 Å². The van der Waals surface area contributed by atoms with Crippen LogP contribution in [0.15, 0.2) is 18.2 Å². The van der Waals surface area contributed by atoms with Gasteiger partial charge in [0, 0.05) is 0 Å². The van der Waals surface area contributed by atoms with Crippen LogP contribution in [0.4, 0.5) is 0 Å². The lowest BCUT2D eigenvalue weighted by atomic mass is 10.1. The first kappa shape index (κ1) is 18.7. The van der Waals surface area contributed by atoms with E-state index in [1.54, 1.807) is 19.2 Å². The summed E-state index contributed by atoms with van der Waals surface area (Å²) in [5, 5.41) is 12.4. The molecule has 4 nitrogen and oxygen atoms in total. The van der Waals surface area contributed by atoms with Gasteiger partial charge in [0.15, 0.2) is 0 Å². The van der Waals surface area contributed by atoms with Crippen LogP contribution in [0.5, 0.6) is 5.75 Å². The lowest BCUT2D eigenvalue weighted by Gasteiger charge is -2.16. The molecule has 1 atom stereocenters. The summed E-state index contributed by atoms with van der Waals surface area (Å²) in [5.74, 6) is -0.345. The molecule has 1 aromatic carbocycles. The SMILES string of the molecule is CC.CCCCOC(=O)C(NC)c1ccc(O)c(Cl)c1. The first-order valence-corrected chi connectivity index (χ1v) is 7.30. The standard InChI is InChI=1S/C13H18ClNO3.C2H6/c1-3-4-7-18-13(17)12(15-2)9-5-6-11(16)10(14)8-9;1-2/h5-6,8,12,15-16H,3-4,7H2,1-2H3;1-2H3. The molecule has 0 aromatic heterocycles. The van der Waals surface area contributed by atoms with E-state index in [0.29, 0.717) is 12.2 Å². The summed E-state index contributed by atoms with van der Waals surface area (Å²) in [6, 6.07) is 4.09. The van der Waals surface area contributed by atoms with Gasteiger partial charge in [0.1, 0.15) is 11.8 Å². The first-order chi connectivity index (χ1) is 9.60. The summed E-state index contributed by atoms with van der Waals surface area (Å²) in [4.78, 5) is 11.9. The van der Waals surface area contributed by atoms with E-state index < -0.39 is 6.04 Å². The lowest BCUT2D eigenvalue weighted by Crippen LogP contribution is -2.27. The van der Waals surface area contributed by atoms with E-state index in [9.17, 15) is 9.90 Å². The van der Waals surface area contributed by atoms with Crippen LogP contribution in [-0.2, 0) is 9.53 Å². The Hall–Kier alpha value is -1.26. The number of unbranched alkanes of at least 4 members (excludes halogenated alkanes) is 1. The minimum absolute atomic E-state index is 0.00498. The second-order valence-corrected chi connectivity index (χ2v) is 4.36. The molecular weight excluding hydrogens is 278 g/mol. The zero-order chi connectivity index (χ0) is 15.5. The maximum atomic E-state index is 11.9. The van der Waals surface area contributed by atoms with Crippen molar-refractivity contribution in [3.05, 3.63) is 28.8 Å². The number of ether oxygens (including phenoxy) is 1. The van der Waals surface area contributed by atoms with Crippen LogP contribution >= 0.6 is 11.6 Å². The molecule has 0 spiro atoms. The number of phenolic OH excluding ortho intramolecular Hbond substituents is 1. The molecular formula is C15H24ClNO3. The van der Waals surface area contributed by atoms with E-state index in [1.165, 1.54) is 6.07 Å². The van der Waals surface area contributed by atoms with E-state index >= 15 is 0 Å². The Morgan fingerprint density at radius 3 is 2.60 bits per heavy atom. The second-order valence-electron chi connectivity index (χ2n) is 3.95. The number of hydrogen-bond donors (Lipinski definition) is 2. The van der Waals surface area contributed by atoms with Gasteiger partial charge in [-0.3, -0.25) is 0 Å². The van der Waals surface area contributed by atoms with Gasteiger partial charge >= 0.3 is 5.97 Å². The summed E-state index contributed by atoms with van der Waals surface area (Å²) in [5.41, 5.74) is 0.668. The smallest absolute Gasteiger partial charge is 0.327 e. The molecule has 0 radical (unpaired) electrons. The van der Waals surface area contributed by atoms with E-state index in [4.69, 9.17) is 16.3 Å². The zero-order valence-corrected chi connectivity index (χ0v) is 13.3. The third kappa shape index (κ3) is 5.80. The molecule has 0 aliphatic carbocycles. The summed E-state index contributed by atoms with van der Waals surface area (Å²) in [6.07, 6.45) is 1.82. The van der Waals surface area contributed by atoms with Gasteiger partial charge in [0.25, 0.3) is 0 Å². The number of likely N-dealkylation sites (N-methyl/N-ethyl adjacent to an activating group) is 1. The Morgan fingerprint density at radius 1 is 1.45 bits per heavy atom. The molecule has 0 saturated carbocycles. The van der Waals surface area contributed by atoms with Crippen molar-refractivity contribution in [2.45, 2.75) is 39.7 Å². The molecule has 0 aliphatic rings. The molecule has 20 heavy (non-hydrogen) atoms. The number of aromatic hydroxyl groups is 1. The van der Waals surface area contributed by atoms with Crippen LogP contribution < -0.4 is 5.32 Å². The third-order valence-electron chi connectivity index (χ3n) is 2.57. The van der Waals surface area contributed by atoms with E-state index in [0.717, 1.165) is 12.8 Å². The number of carbonyl (C=O) groups excluding carboxylic acids is 1. The van der Waals surface area contributed by atoms with Gasteiger partial charge < -0.3 is 15.2 Å². The van der Waals surface area contributed by atoms with Gasteiger partial charge in [0.05, 0.1) is 11.6 Å². The Labute approximate surface area is 126 Å². The Bertz CT molecular complexity index is 410. The van der Waals surface area contributed by atoms with Gasteiger partial charge in [-0.2, -0.15) is 0 Å². The average Bonchev–Trinajstić information content (AvgIpc) is 2.46. The fraction of sp³-hybridized carbons (Fsp3) is 0.533. The zero-order valence-electron chi connectivity index (χ0n) is 12.6. The normalized spacial score (nSPS) is 11.2. The molecule has 1 rings (SSSR count). The van der Waals surface area contributed by atoms with E-state index in [2.05, 4.69) is 5.32 Å². The predicted octanol–water partition coefficient (Wildman–Crippen LogP) is 3.68. The number of phenols is 1. The Kier molecular flexibility index (Phi) is 9.86. The minimum Gasteiger partial charge on any atom is -0.506 e. The molecule has 0 aliphatic heterocycles. The monoisotopic (exact) mass is 301 g/mol. The first-order valence-electron chi connectivity index (χ1n) is 6.92. The third-order valence-corrected chi connectivity index (χ3v) is 2.87. The molecule has 0 amide bonds. The molecule has 1 unspecified atom stereocenters.